The van der Waals surface area contributed by atoms with Gasteiger partial charge in [-0.3, -0.25) is 9.59 Å². The van der Waals surface area contributed by atoms with E-state index >= 15 is 0 Å². The Bertz CT molecular complexity index is 1000. The first-order valence-corrected chi connectivity index (χ1v) is 12.7. The van der Waals surface area contributed by atoms with Crippen molar-refractivity contribution in [3.05, 3.63) is 63.7 Å². The van der Waals surface area contributed by atoms with Gasteiger partial charge in [-0.15, -0.1) is 11.8 Å². The van der Waals surface area contributed by atoms with Crippen molar-refractivity contribution in [1.82, 2.24) is 0 Å². The van der Waals surface area contributed by atoms with E-state index in [0.29, 0.717) is 5.75 Å². The van der Waals surface area contributed by atoms with Crippen LogP contribution in [0.1, 0.15) is 71.4 Å². The summed E-state index contributed by atoms with van der Waals surface area (Å²) in [5.41, 5.74) is 6.26. The van der Waals surface area contributed by atoms with Gasteiger partial charge >= 0.3 is 5.97 Å². The molecule has 0 spiro atoms. The molecule has 0 saturated heterocycles. The topological polar surface area (TPSA) is 52.6 Å². The van der Waals surface area contributed by atoms with Crippen molar-refractivity contribution >= 4 is 23.5 Å². The molecule has 1 saturated carbocycles. The largest absolute Gasteiger partial charge is 0.497 e. The van der Waals surface area contributed by atoms with Gasteiger partial charge < -0.3 is 9.47 Å². The predicted octanol–water partition coefficient (Wildman–Crippen LogP) is 6.39. The van der Waals surface area contributed by atoms with E-state index in [4.69, 9.17) is 9.47 Å². The Hall–Kier alpha value is -2.27. The highest BCUT2D eigenvalue weighted by molar-refractivity contribution is 8.00. The number of ketones is 1. The molecule has 0 aliphatic heterocycles. The summed E-state index contributed by atoms with van der Waals surface area (Å²) in [4.78, 5) is 27.4. The predicted molar refractivity (Wildman–Crippen MR) is 135 cm³/mol. The van der Waals surface area contributed by atoms with E-state index < -0.39 is 16.6 Å². The fraction of sp³-hybridized carbons (Fsp3) is 0.500. The van der Waals surface area contributed by atoms with Crippen LogP contribution in [-0.2, 0) is 20.1 Å². The molecule has 3 rings (SSSR count). The van der Waals surface area contributed by atoms with Gasteiger partial charge in [0.25, 0.3) is 0 Å². The first-order valence-electron chi connectivity index (χ1n) is 11.7. The molecule has 0 heterocycles. The second kappa shape index (κ2) is 10.8. The molecule has 0 N–H and O–H groups in total. The second-order valence-corrected chi connectivity index (χ2v) is 10.5. The van der Waals surface area contributed by atoms with Crippen LogP contribution in [0.2, 0.25) is 0 Å². The maximum absolute atomic E-state index is 14.3. The summed E-state index contributed by atoms with van der Waals surface area (Å²) in [7, 11) is 3.04. The maximum atomic E-state index is 14.3. The molecule has 0 bridgehead atoms. The van der Waals surface area contributed by atoms with Crippen LogP contribution >= 0.6 is 11.8 Å². The van der Waals surface area contributed by atoms with Crippen LogP contribution in [0, 0.1) is 27.7 Å². The first-order chi connectivity index (χ1) is 15.7. The molecule has 178 valence electrons. The van der Waals surface area contributed by atoms with Gasteiger partial charge in [-0.25, -0.2) is 0 Å². The quantitative estimate of drug-likeness (QED) is 0.332. The second-order valence-electron chi connectivity index (χ2n) is 9.19. The molecular formula is C28H36O4S. The Morgan fingerprint density at radius 3 is 2.15 bits per heavy atom. The third-order valence-electron chi connectivity index (χ3n) is 7.19. The van der Waals surface area contributed by atoms with Crippen molar-refractivity contribution in [2.45, 2.75) is 76.2 Å². The molecule has 1 fully saturated rings. The number of ether oxygens (including phenoxy) is 2. The highest BCUT2D eigenvalue weighted by atomic mass is 32.2. The third kappa shape index (κ3) is 5.29. The van der Waals surface area contributed by atoms with Gasteiger partial charge in [-0.1, -0.05) is 37.5 Å². The summed E-state index contributed by atoms with van der Waals surface area (Å²) in [6.45, 7) is 8.14. The third-order valence-corrected chi connectivity index (χ3v) is 8.83. The van der Waals surface area contributed by atoms with Crippen molar-refractivity contribution < 1.29 is 19.1 Å². The molecule has 5 heteroatoms. The van der Waals surface area contributed by atoms with Crippen molar-refractivity contribution in [2.75, 3.05) is 14.2 Å². The van der Waals surface area contributed by atoms with Crippen LogP contribution in [-0.4, -0.2) is 30.7 Å². The van der Waals surface area contributed by atoms with E-state index in [9.17, 15) is 9.59 Å². The van der Waals surface area contributed by atoms with Crippen LogP contribution in [0.3, 0.4) is 0 Å². The van der Waals surface area contributed by atoms with Crippen LogP contribution in [0.25, 0.3) is 0 Å². The van der Waals surface area contributed by atoms with Crippen molar-refractivity contribution in [3.63, 3.8) is 0 Å². The molecule has 0 aromatic heterocycles. The number of hydrogen-bond donors (Lipinski definition) is 0. The summed E-state index contributed by atoms with van der Waals surface area (Å²) in [6.07, 6.45) is 4.72. The maximum Gasteiger partial charge on any atom is 0.320 e. The van der Waals surface area contributed by atoms with Gasteiger partial charge in [0.1, 0.15) is 11.7 Å². The SMILES string of the molecule is COC(=O)C(C(=O)C1(SCc2ccc(OC)cc2)CCCCC1)c1c(C)cc(C)c(C)c1C. The molecule has 0 radical (unpaired) electrons. The Kier molecular flexibility index (Phi) is 8.28. The monoisotopic (exact) mass is 468 g/mol. The lowest BCUT2D eigenvalue weighted by Crippen LogP contribution is -2.44. The normalized spacial score (nSPS) is 16.2. The summed E-state index contributed by atoms with van der Waals surface area (Å²) in [6, 6.07) is 10.1. The van der Waals surface area contributed by atoms with E-state index in [-0.39, 0.29) is 5.78 Å². The van der Waals surface area contributed by atoms with E-state index in [2.05, 4.69) is 19.9 Å². The average Bonchev–Trinajstić information content (AvgIpc) is 2.84. The smallest absolute Gasteiger partial charge is 0.320 e. The van der Waals surface area contributed by atoms with E-state index in [1.165, 1.54) is 12.7 Å². The standard InChI is InChI=1S/C28H36O4S/c1-18-16-19(2)24(21(4)20(18)3)25(27(30)32-6)26(29)28(14-8-7-9-15-28)33-17-22-10-12-23(31-5)13-11-22/h10-13,16,25H,7-9,14-15,17H2,1-6H3. The molecule has 1 unspecified atom stereocenters. The summed E-state index contributed by atoms with van der Waals surface area (Å²) in [5.74, 6) is 0.190. The lowest BCUT2D eigenvalue weighted by molar-refractivity contribution is -0.146. The van der Waals surface area contributed by atoms with Crippen molar-refractivity contribution in [3.8, 4) is 5.75 Å². The minimum atomic E-state index is -0.893. The Labute approximate surface area is 202 Å². The molecular weight excluding hydrogens is 432 g/mol. The van der Waals surface area contributed by atoms with Crippen LogP contribution < -0.4 is 4.74 Å². The lowest BCUT2D eigenvalue weighted by Gasteiger charge is -2.38. The number of thioether (sulfide) groups is 1. The zero-order valence-electron chi connectivity index (χ0n) is 20.7. The summed E-state index contributed by atoms with van der Waals surface area (Å²) >= 11 is 1.69. The fourth-order valence-electron chi connectivity index (χ4n) is 5.01. The zero-order valence-corrected chi connectivity index (χ0v) is 21.6. The van der Waals surface area contributed by atoms with Crippen molar-refractivity contribution in [2.24, 2.45) is 0 Å². The minimum Gasteiger partial charge on any atom is -0.497 e. The Balaban J connectivity index is 2.00. The highest BCUT2D eigenvalue weighted by Gasteiger charge is 2.47. The zero-order chi connectivity index (χ0) is 24.2. The number of carbonyl (C=O) groups is 2. The molecule has 1 aliphatic carbocycles. The van der Waals surface area contributed by atoms with Crippen LogP contribution in [0.15, 0.2) is 30.3 Å². The molecule has 2 aromatic carbocycles. The number of Topliss-reactive ketones (excluding diaryl/α,β-unsaturated/α-hetero) is 1. The van der Waals surface area contributed by atoms with E-state index in [1.54, 1.807) is 18.9 Å². The molecule has 1 atom stereocenters. The van der Waals surface area contributed by atoms with Gasteiger partial charge in [-0.05, 0) is 86.1 Å². The molecule has 4 nitrogen and oxygen atoms in total. The highest BCUT2D eigenvalue weighted by Crippen LogP contribution is 2.46. The van der Waals surface area contributed by atoms with Crippen LogP contribution in [0.5, 0.6) is 5.75 Å². The van der Waals surface area contributed by atoms with Crippen LogP contribution in [0.4, 0.5) is 0 Å². The number of benzene rings is 2. The van der Waals surface area contributed by atoms with Gasteiger partial charge in [0, 0.05) is 5.75 Å². The number of esters is 1. The van der Waals surface area contributed by atoms with Crippen molar-refractivity contribution in [1.29, 1.82) is 0 Å². The van der Waals surface area contributed by atoms with Gasteiger partial charge in [0.15, 0.2) is 5.78 Å². The minimum absolute atomic E-state index is 0.00187. The lowest BCUT2D eigenvalue weighted by atomic mass is 9.76. The van der Waals surface area contributed by atoms with Gasteiger partial charge in [-0.2, -0.15) is 0 Å². The summed E-state index contributed by atoms with van der Waals surface area (Å²) in [5, 5.41) is 0. The molecule has 2 aromatic rings. The van der Waals surface area contributed by atoms with E-state index in [1.807, 2.05) is 38.1 Å². The Morgan fingerprint density at radius 1 is 0.939 bits per heavy atom. The Morgan fingerprint density at radius 2 is 1.58 bits per heavy atom. The molecule has 0 amide bonds. The summed E-state index contributed by atoms with van der Waals surface area (Å²) < 4.78 is 9.89. The first kappa shape index (κ1) is 25.4. The number of methoxy groups -OCH3 is 2. The van der Waals surface area contributed by atoms with Gasteiger partial charge in [0.05, 0.1) is 19.0 Å². The number of aryl methyl sites for hydroxylation is 2. The number of carbonyl (C=O) groups excluding carboxylic acids is 2. The molecule has 1 aliphatic rings. The number of rotatable bonds is 8. The molecule has 33 heavy (non-hydrogen) atoms. The van der Waals surface area contributed by atoms with Gasteiger partial charge in [0.2, 0.25) is 0 Å². The average molecular weight is 469 g/mol. The number of hydrogen-bond acceptors (Lipinski definition) is 5. The van der Waals surface area contributed by atoms with E-state index in [0.717, 1.165) is 65.7 Å². The fourth-order valence-corrected chi connectivity index (χ4v) is 6.49.